The molecule has 9 heteroatoms. The number of halogens is 3. The second kappa shape index (κ2) is 11.3. The molecule has 0 N–H and O–H groups in total. The lowest BCUT2D eigenvalue weighted by molar-refractivity contribution is 0.103. The van der Waals surface area contributed by atoms with Crippen molar-refractivity contribution in [3.63, 3.8) is 0 Å². The van der Waals surface area contributed by atoms with Gasteiger partial charge in [0.15, 0.2) is 11.6 Å². The zero-order valence-electron chi connectivity index (χ0n) is 19.4. The Morgan fingerprint density at radius 2 is 1.76 bits per heavy atom. The Morgan fingerprint density at radius 1 is 1.12 bits per heavy atom. The maximum atomic E-state index is 14.5. The summed E-state index contributed by atoms with van der Waals surface area (Å²) in [5, 5.41) is 8.96. The second-order valence-corrected chi connectivity index (χ2v) is 8.54. The van der Waals surface area contributed by atoms with Crippen LogP contribution in [0.5, 0.6) is 0 Å². The number of hydrogen-bond donors (Lipinski definition) is 0. The third kappa shape index (κ3) is 5.68. The van der Waals surface area contributed by atoms with Crippen molar-refractivity contribution in [3.05, 3.63) is 75.8 Å². The van der Waals surface area contributed by atoms with E-state index in [0.29, 0.717) is 37.0 Å². The van der Waals surface area contributed by atoms with Crippen LogP contribution in [0.4, 0.5) is 8.78 Å². The Kier molecular flexibility index (Phi) is 8.51. The summed E-state index contributed by atoms with van der Waals surface area (Å²) in [6, 6.07) is 7.95. The number of aromatic nitrogens is 3. The number of rotatable bonds is 10. The minimum atomic E-state index is -0.948. The first-order valence-electron chi connectivity index (χ1n) is 10.8. The van der Waals surface area contributed by atoms with Crippen LogP contribution in [0, 0.1) is 24.0 Å². The van der Waals surface area contributed by atoms with Crippen LogP contribution in [0.25, 0.3) is 5.69 Å². The van der Waals surface area contributed by atoms with E-state index in [0.717, 1.165) is 25.1 Å². The standard InChI is InChI=1S/C25H26ClF2N5O/c1-5-12-32(13-6-2)16-23-30-29-22(15-31(3)4)33(23)21-11-10-17(26)14-18(21)25(34)24-19(27)8-7-9-20(24)28/h1,7-11,14H,6,12-13,15-16H2,2-4H3. The number of nitrogens with zero attached hydrogens (tertiary/aromatic N) is 5. The molecule has 2 aromatic carbocycles. The lowest BCUT2D eigenvalue weighted by Gasteiger charge is -2.21. The highest BCUT2D eigenvalue weighted by atomic mass is 35.5. The molecular weight excluding hydrogens is 460 g/mol. The third-order valence-corrected chi connectivity index (χ3v) is 5.34. The maximum Gasteiger partial charge on any atom is 0.201 e. The van der Waals surface area contributed by atoms with Gasteiger partial charge in [-0.15, -0.1) is 16.6 Å². The van der Waals surface area contributed by atoms with Crippen LogP contribution in [0.1, 0.15) is 40.9 Å². The molecule has 3 rings (SSSR count). The minimum Gasteiger partial charge on any atom is -0.302 e. The first-order valence-corrected chi connectivity index (χ1v) is 11.2. The molecule has 0 unspecified atom stereocenters. The first-order chi connectivity index (χ1) is 16.3. The van der Waals surface area contributed by atoms with Gasteiger partial charge in [0.25, 0.3) is 0 Å². The van der Waals surface area contributed by atoms with Crippen LogP contribution in [0.15, 0.2) is 36.4 Å². The van der Waals surface area contributed by atoms with E-state index in [4.69, 9.17) is 18.0 Å². The Bertz CT molecular complexity index is 1200. The van der Waals surface area contributed by atoms with E-state index in [-0.39, 0.29) is 10.6 Å². The van der Waals surface area contributed by atoms with E-state index in [1.807, 2.05) is 30.8 Å². The molecule has 0 aliphatic rings. The topological polar surface area (TPSA) is 54.3 Å². The zero-order valence-corrected chi connectivity index (χ0v) is 20.1. The minimum absolute atomic E-state index is 0.0385. The lowest BCUT2D eigenvalue weighted by Crippen LogP contribution is -2.27. The normalized spacial score (nSPS) is 11.3. The summed E-state index contributed by atoms with van der Waals surface area (Å²) in [4.78, 5) is 17.3. The first kappa shape index (κ1) is 25.5. The molecule has 1 aromatic heterocycles. The van der Waals surface area contributed by atoms with E-state index < -0.39 is 23.0 Å². The highest BCUT2D eigenvalue weighted by Gasteiger charge is 2.25. The summed E-state index contributed by atoms with van der Waals surface area (Å²) in [6.07, 6.45) is 6.42. The van der Waals surface area contributed by atoms with Crippen LogP contribution >= 0.6 is 11.6 Å². The van der Waals surface area contributed by atoms with E-state index in [9.17, 15) is 13.6 Å². The fourth-order valence-corrected chi connectivity index (χ4v) is 3.89. The van der Waals surface area contributed by atoms with Gasteiger partial charge >= 0.3 is 0 Å². The van der Waals surface area contributed by atoms with Gasteiger partial charge < -0.3 is 4.90 Å². The van der Waals surface area contributed by atoms with Gasteiger partial charge in [0.2, 0.25) is 5.78 Å². The molecule has 6 nitrogen and oxygen atoms in total. The molecule has 178 valence electrons. The monoisotopic (exact) mass is 485 g/mol. The van der Waals surface area contributed by atoms with Gasteiger partial charge in [0.05, 0.1) is 30.9 Å². The van der Waals surface area contributed by atoms with Gasteiger partial charge in [0.1, 0.15) is 11.6 Å². The summed E-state index contributed by atoms with van der Waals surface area (Å²) in [7, 11) is 3.76. The number of terminal acetylenes is 1. The van der Waals surface area contributed by atoms with E-state index in [2.05, 4.69) is 16.1 Å². The highest BCUT2D eigenvalue weighted by molar-refractivity contribution is 6.31. The highest BCUT2D eigenvalue weighted by Crippen LogP contribution is 2.27. The summed E-state index contributed by atoms with van der Waals surface area (Å²) < 4.78 is 30.7. The maximum absolute atomic E-state index is 14.5. The van der Waals surface area contributed by atoms with E-state index in [1.165, 1.54) is 12.1 Å². The van der Waals surface area contributed by atoms with Crippen molar-refractivity contribution in [1.29, 1.82) is 0 Å². The average molecular weight is 486 g/mol. The molecule has 0 atom stereocenters. The molecule has 0 bridgehead atoms. The average Bonchev–Trinajstić information content (AvgIpc) is 3.15. The van der Waals surface area contributed by atoms with Crippen molar-refractivity contribution in [2.45, 2.75) is 26.4 Å². The molecule has 0 radical (unpaired) electrons. The van der Waals surface area contributed by atoms with Gasteiger partial charge in [-0.1, -0.05) is 30.5 Å². The molecule has 0 spiro atoms. The molecule has 1 heterocycles. The van der Waals surface area contributed by atoms with Crippen LogP contribution in [0.3, 0.4) is 0 Å². The smallest absolute Gasteiger partial charge is 0.201 e. The largest absolute Gasteiger partial charge is 0.302 e. The van der Waals surface area contributed by atoms with Crippen LogP contribution in [0.2, 0.25) is 5.02 Å². The van der Waals surface area contributed by atoms with Gasteiger partial charge in [-0.2, -0.15) is 0 Å². The SMILES string of the molecule is C#CCN(CCC)Cc1nnc(CN(C)C)n1-c1ccc(Cl)cc1C(=O)c1c(F)cccc1F. The Labute approximate surface area is 203 Å². The molecule has 0 amide bonds. The summed E-state index contributed by atoms with van der Waals surface area (Å²) in [5.41, 5.74) is -0.225. The van der Waals surface area contributed by atoms with Crippen molar-refractivity contribution >= 4 is 17.4 Å². The molecule has 34 heavy (non-hydrogen) atoms. The quantitative estimate of drug-likeness (QED) is 0.316. The lowest BCUT2D eigenvalue weighted by atomic mass is 10.00. The molecule has 0 fully saturated rings. The van der Waals surface area contributed by atoms with Gasteiger partial charge in [-0.3, -0.25) is 14.3 Å². The summed E-state index contributed by atoms with van der Waals surface area (Å²) in [5.74, 6) is 1.04. The van der Waals surface area contributed by atoms with E-state index >= 15 is 0 Å². The number of ketones is 1. The van der Waals surface area contributed by atoms with Crippen molar-refractivity contribution < 1.29 is 13.6 Å². The zero-order chi connectivity index (χ0) is 24.8. The molecular formula is C25H26ClF2N5O. The van der Waals surface area contributed by atoms with Crippen molar-refractivity contribution in [1.82, 2.24) is 24.6 Å². The Morgan fingerprint density at radius 3 is 2.35 bits per heavy atom. The third-order valence-electron chi connectivity index (χ3n) is 5.11. The van der Waals surface area contributed by atoms with Gasteiger partial charge in [-0.05, 0) is 57.4 Å². The van der Waals surface area contributed by atoms with Crippen molar-refractivity contribution in [2.75, 3.05) is 27.2 Å². The van der Waals surface area contributed by atoms with Crippen molar-refractivity contribution in [2.24, 2.45) is 0 Å². The van der Waals surface area contributed by atoms with Crippen LogP contribution in [-0.2, 0) is 13.1 Å². The van der Waals surface area contributed by atoms with Crippen molar-refractivity contribution in [3.8, 4) is 18.0 Å². The number of benzene rings is 2. The van der Waals surface area contributed by atoms with Gasteiger partial charge in [-0.25, -0.2) is 8.78 Å². The predicted octanol–water partition coefficient (Wildman–Crippen LogP) is 4.34. The molecule has 0 saturated carbocycles. The number of carbonyl (C=O) groups is 1. The van der Waals surface area contributed by atoms with Crippen LogP contribution < -0.4 is 0 Å². The number of hydrogen-bond acceptors (Lipinski definition) is 5. The number of carbonyl (C=O) groups excluding carboxylic acids is 1. The Hall–Kier alpha value is -3.12. The van der Waals surface area contributed by atoms with E-state index in [1.54, 1.807) is 16.7 Å². The summed E-state index contributed by atoms with van der Waals surface area (Å²) >= 11 is 6.20. The predicted molar refractivity (Wildman–Crippen MR) is 128 cm³/mol. The Balaban J connectivity index is 2.20. The molecule has 3 aromatic rings. The van der Waals surface area contributed by atoms with Gasteiger partial charge in [0, 0.05) is 10.6 Å². The fourth-order valence-electron chi connectivity index (χ4n) is 3.71. The van der Waals surface area contributed by atoms with Crippen LogP contribution in [-0.4, -0.2) is 57.5 Å². The molecule has 0 aliphatic carbocycles. The summed E-state index contributed by atoms with van der Waals surface area (Å²) in [6.45, 7) is 4.00. The second-order valence-electron chi connectivity index (χ2n) is 8.11. The fraction of sp³-hybridized carbons (Fsp3) is 0.320. The molecule has 0 saturated heterocycles. The molecule has 0 aliphatic heterocycles.